The first-order valence-corrected chi connectivity index (χ1v) is 6.03. The molecule has 1 aliphatic heterocycles. The van der Waals surface area contributed by atoms with E-state index in [4.69, 9.17) is 0 Å². The van der Waals surface area contributed by atoms with Gasteiger partial charge in [-0.15, -0.1) is 13.2 Å². The molecule has 0 amide bonds. The van der Waals surface area contributed by atoms with Crippen LogP contribution in [0.15, 0.2) is 24.3 Å². The molecule has 2 rings (SSSR count). The Morgan fingerprint density at radius 2 is 1.90 bits per heavy atom. The van der Waals surface area contributed by atoms with Gasteiger partial charge in [0.25, 0.3) is 0 Å². The lowest BCUT2D eigenvalue weighted by Gasteiger charge is -2.16. The molecule has 7 heteroatoms. The third kappa shape index (κ3) is 3.41. The van der Waals surface area contributed by atoms with Gasteiger partial charge in [0, 0.05) is 19.0 Å². The van der Waals surface area contributed by atoms with E-state index in [1.807, 2.05) is 11.9 Å². The number of likely N-dealkylation sites (tertiary alicyclic amines) is 1. The van der Waals surface area contributed by atoms with E-state index < -0.39 is 18.2 Å². The Bertz CT molecular complexity index is 487. The predicted molar refractivity (Wildman–Crippen MR) is 64.5 cm³/mol. The molecule has 0 spiro atoms. The van der Waals surface area contributed by atoms with Crippen molar-refractivity contribution in [3.8, 4) is 5.75 Å². The van der Waals surface area contributed by atoms with Crippen LogP contribution in [0.1, 0.15) is 11.5 Å². The van der Waals surface area contributed by atoms with Crippen LogP contribution in [0.5, 0.6) is 5.75 Å². The highest BCUT2D eigenvalue weighted by molar-refractivity contribution is 5.72. The van der Waals surface area contributed by atoms with E-state index in [1.165, 1.54) is 24.3 Å². The van der Waals surface area contributed by atoms with E-state index in [2.05, 4.69) is 4.74 Å². The van der Waals surface area contributed by atoms with Gasteiger partial charge in [0.1, 0.15) is 5.75 Å². The van der Waals surface area contributed by atoms with Gasteiger partial charge in [0.05, 0.1) is 5.92 Å². The Morgan fingerprint density at radius 1 is 1.30 bits per heavy atom. The predicted octanol–water partition coefficient (Wildman–Crippen LogP) is 2.32. The van der Waals surface area contributed by atoms with Crippen LogP contribution in [-0.4, -0.2) is 42.5 Å². The molecule has 110 valence electrons. The molecule has 1 saturated heterocycles. The lowest BCUT2D eigenvalue weighted by molar-refractivity contribution is -0.274. The number of carboxylic acid groups (broad SMARTS) is 1. The van der Waals surface area contributed by atoms with E-state index in [1.54, 1.807) is 0 Å². The van der Waals surface area contributed by atoms with Crippen molar-refractivity contribution in [2.45, 2.75) is 12.3 Å². The average Bonchev–Trinajstić information content (AvgIpc) is 2.70. The zero-order valence-corrected chi connectivity index (χ0v) is 10.7. The minimum Gasteiger partial charge on any atom is -0.481 e. The van der Waals surface area contributed by atoms with Crippen molar-refractivity contribution >= 4 is 5.97 Å². The summed E-state index contributed by atoms with van der Waals surface area (Å²) in [6, 6.07) is 5.39. The van der Waals surface area contributed by atoms with Crippen molar-refractivity contribution < 1.29 is 27.8 Å². The SMILES string of the molecule is CN1CC(C(=O)O)C(c2ccc(OC(F)(F)F)cc2)C1. The molecule has 1 N–H and O–H groups in total. The van der Waals surface area contributed by atoms with Gasteiger partial charge >= 0.3 is 12.3 Å². The minimum absolute atomic E-state index is 0.225. The molecule has 0 radical (unpaired) electrons. The molecule has 2 unspecified atom stereocenters. The number of carbonyl (C=O) groups is 1. The molecule has 1 aromatic rings. The first-order valence-electron chi connectivity index (χ1n) is 6.03. The summed E-state index contributed by atoms with van der Waals surface area (Å²) in [6.45, 7) is 0.997. The van der Waals surface area contributed by atoms with Crippen molar-refractivity contribution in [1.82, 2.24) is 4.90 Å². The summed E-state index contributed by atoms with van der Waals surface area (Å²) in [5.41, 5.74) is 0.705. The number of hydrogen-bond donors (Lipinski definition) is 1. The average molecular weight is 289 g/mol. The van der Waals surface area contributed by atoms with Crippen LogP contribution >= 0.6 is 0 Å². The Balaban J connectivity index is 2.15. The molecular weight excluding hydrogens is 275 g/mol. The molecule has 2 atom stereocenters. The number of halogens is 3. The van der Waals surface area contributed by atoms with Crippen LogP contribution in [0.3, 0.4) is 0 Å². The second kappa shape index (κ2) is 5.32. The summed E-state index contributed by atoms with van der Waals surface area (Å²) in [4.78, 5) is 13.1. The van der Waals surface area contributed by atoms with Gasteiger partial charge in [-0.05, 0) is 24.7 Å². The standard InChI is InChI=1S/C13H14F3NO3/c1-17-6-10(11(7-17)12(18)19)8-2-4-9(5-3-8)20-13(14,15)16/h2-5,10-11H,6-7H2,1H3,(H,18,19). The largest absolute Gasteiger partial charge is 0.573 e. The van der Waals surface area contributed by atoms with Gasteiger partial charge < -0.3 is 14.7 Å². The van der Waals surface area contributed by atoms with E-state index in [9.17, 15) is 23.1 Å². The fourth-order valence-electron chi connectivity index (χ4n) is 2.51. The molecule has 0 aliphatic carbocycles. The van der Waals surface area contributed by atoms with Crippen molar-refractivity contribution in [2.24, 2.45) is 5.92 Å². The van der Waals surface area contributed by atoms with Crippen molar-refractivity contribution in [3.05, 3.63) is 29.8 Å². The lowest BCUT2D eigenvalue weighted by Crippen LogP contribution is -2.21. The van der Waals surface area contributed by atoms with Crippen LogP contribution in [0.25, 0.3) is 0 Å². The fraction of sp³-hybridized carbons (Fsp3) is 0.462. The number of likely N-dealkylation sites (N-methyl/N-ethyl adjacent to an activating group) is 1. The number of benzene rings is 1. The quantitative estimate of drug-likeness (QED) is 0.927. The summed E-state index contributed by atoms with van der Waals surface area (Å²) < 4.78 is 40.0. The Hall–Kier alpha value is -1.76. The van der Waals surface area contributed by atoms with Crippen LogP contribution in [-0.2, 0) is 4.79 Å². The molecule has 20 heavy (non-hydrogen) atoms. The molecule has 1 heterocycles. The Morgan fingerprint density at radius 3 is 2.40 bits per heavy atom. The normalized spacial score (nSPS) is 23.8. The van der Waals surface area contributed by atoms with Gasteiger partial charge in [0.15, 0.2) is 0 Å². The maximum atomic E-state index is 12.1. The maximum Gasteiger partial charge on any atom is 0.573 e. The zero-order valence-electron chi connectivity index (χ0n) is 10.7. The van der Waals surface area contributed by atoms with E-state index in [-0.39, 0.29) is 11.7 Å². The molecule has 0 aromatic heterocycles. The number of rotatable bonds is 3. The highest BCUT2D eigenvalue weighted by Gasteiger charge is 2.37. The smallest absolute Gasteiger partial charge is 0.481 e. The highest BCUT2D eigenvalue weighted by atomic mass is 19.4. The zero-order chi connectivity index (χ0) is 14.9. The first-order chi connectivity index (χ1) is 9.26. The van der Waals surface area contributed by atoms with Crippen LogP contribution in [0, 0.1) is 5.92 Å². The summed E-state index contributed by atoms with van der Waals surface area (Å²) in [7, 11) is 1.82. The van der Waals surface area contributed by atoms with Crippen LogP contribution in [0.4, 0.5) is 13.2 Å². The summed E-state index contributed by atoms with van der Waals surface area (Å²) >= 11 is 0. The molecule has 1 fully saturated rings. The minimum atomic E-state index is -4.72. The topological polar surface area (TPSA) is 49.8 Å². The van der Waals surface area contributed by atoms with Gasteiger partial charge in [-0.1, -0.05) is 12.1 Å². The van der Waals surface area contributed by atoms with Crippen LogP contribution in [0.2, 0.25) is 0 Å². The Kier molecular flexibility index (Phi) is 3.89. The first kappa shape index (κ1) is 14.6. The van der Waals surface area contributed by atoms with Gasteiger partial charge in [0.2, 0.25) is 0 Å². The van der Waals surface area contributed by atoms with E-state index in [0.717, 1.165) is 0 Å². The second-order valence-electron chi connectivity index (χ2n) is 4.89. The summed E-state index contributed by atoms with van der Waals surface area (Å²) in [5, 5.41) is 9.17. The fourth-order valence-corrected chi connectivity index (χ4v) is 2.51. The van der Waals surface area contributed by atoms with Crippen molar-refractivity contribution in [1.29, 1.82) is 0 Å². The number of aliphatic carboxylic acids is 1. The molecule has 1 aliphatic rings. The van der Waals surface area contributed by atoms with Crippen molar-refractivity contribution in [2.75, 3.05) is 20.1 Å². The molecule has 1 aromatic carbocycles. The van der Waals surface area contributed by atoms with Gasteiger partial charge in [-0.3, -0.25) is 4.79 Å². The third-order valence-corrected chi connectivity index (χ3v) is 3.36. The van der Waals surface area contributed by atoms with Crippen LogP contribution < -0.4 is 4.74 Å². The number of ether oxygens (including phenoxy) is 1. The lowest BCUT2D eigenvalue weighted by atomic mass is 9.89. The summed E-state index contributed by atoms with van der Waals surface area (Å²) in [6.07, 6.45) is -4.72. The second-order valence-corrected chi connectivity index (χ2v) is 4.89. The van der Waals surface area contributed by atoms with E-state index >= 15 is 0 Å². The molecular formula is C13H14F3NO3. The summed E-state index contributed by atoms with van der Waals surface area (Å²) in [5.74, 6) is -1.97. The van der Waals surface area contributed by atoms with Crippen molar-refractivity contribution in [3.63, 3.8) is 0 Å². The molecule has 0 bridgehead atoms. The monoisotopic (exact) mass is 289 g/mol. The van der Waals surface area contributed by atoms with E-state index in [0.29, 0.717) is 18.7 Å². The molecule has 0 saturated carbocycles. The third-order valence-electron chi connectivity index (χ3n) is 3.36. The number of nitrogens with zero attached hydrogens (tertiary/aromatic N) is 1. The Labute approximate surface area is 113 Å². The molecule has 4 nitrogen and oxygen atoms in total. The van der Waals surface area contributed by atoms with Gasteiger partial charge in [-0.2, -0.15) is 0 Å². The highest BCUT2D eigenvalue weighted by Crippen LogP contribution is 2.33. The number of alkyl halides is 3. The number of hydrogen-bond acceptors (Lipinski definition) is 3. The number of carboxylic acids is 1. The maximum absolute atomic E-state index is 12.1. The van der Waals surface area contributed by atoms with Gasteiger partial charge in [-0.25, -0.2) is 0 Å².